The lowest BCUT2D eigenvalue weighted by Crippen LogP contribution is -2.40. The number of hydrogen-bond donors (Lipinski definition) is 1. The third kappa shape index (κ3) is 4.54. The van der Waals surface area contributed by atoms with Crippen molar-refractivity contribution in [1.82, 2.24) is 14.9 Å². The van der Waals surface area contributed by atoms with Crippen LogP contribution < -0.4 is 5.73 Å². The monoisotopic (exact) mass is 400 g/mol. The van der Waals surface area contributed by atoms with Crippen LogP contribution >= 0.6 is 0 Å². The molecule has 1 fully saturated rings. The fourth-order valence-electron chi connectivity index (χ4n) is 3.90. The van der Waals surface area contributed by atoms with Crippen molar-refractivity contribution in [2.45, 2.75) is 25.2 Å². The highest BCUT2D eigenvalue weighted by atomic mass is 16.2. The van der Waals surface area contributed by atoms with Crippen molar-refractivity contribution in [3.63, 3.8) is 0 Å². The molecule has 2 amide bonds. The summed E-state index contributed by atoms with van der Waals surface area (Å²) in [7, 11) is 0. The smallest absolute Gasteiger partial charge is 0.248 e. The molecule has 0 saturated carbocycles. The molecular formula is C24H24N4O2. The van der Waals surface area contributed by atoms with E-state index >= 15 is 0 Å². The van der Waals surface area contributed by atoms with Crippen molar-refractivity contribution in [2.75, 3.05) is 13.1 Å². The number of primary amides is 1. The molecule has 2 aromatic heterocycles. The highest BCUT2D eigenvalue weighted by Gasteiger charge is 2.25. The Bertz CT molecular complexity index is 1050. The topological polar surface area (TPSA) is 89.2 Å². The third-order valence-electron chi connectivity index (χ3n) is 5.51. The Labute approximate surface area is 175 Å². The first-order valence-corrected chi connectivity index (χ1v) is 10.1. The first-order chi connectivity index (χ1) is 14.6. The molecule has 3 aromatic rings. The molecule has 0 radical (unpaired) electrons. The van der Waals surface area contributed by atoms with Crippen LogP contribution in [0.3, 0.4) is 0 Å². The highest BCUT2D eigenvalue weighted by molar-refractivity contribution is 5.94. The van der Waals surface area contributed by atoms with Crippen molar-refractivity contribution in [1.29, 1.82) is 0 Å². The van der Waals surface area contributed by atoms with Crippen molar-refractivity contribution < 1.29 is 9.59 Å². The molecule has 1 aliphatic heterocycles. The van der Waals surface area contributed by atoms with E-state index in [1.807, 2.05) is 47.4 Å². The molecular weight excluding hydrogens is 376 g/mol. The Morgan fingerprint density at radius 3 is 2.67 bits per heavy atom. The highest BCUT2D eigenvalue weighted by Crippen LogP contribution is 2.28. The summed E-state index contributed by atoms with van der Waals surface area (Å²) in [5.41, 5.74) is 9.48. The van der Waals surface area contributed by atoms with Gasteiger partial charge in [0.25, 0.3) is 0 Å². The second-order valence-electron chi connectivity index (χ2n) is 7.60. The van der Waals surface area contributed by atoms with Gasteiger partial charge in [0.05, 0.1) is 12.1 Å². The van der Waals surface area contributed by atoms with E-state index < -0.39 is 5.91 Å². The number of carbonyl (C=O) groups excluding carboxylic acids is 2. The van der Waals surface area contributed by atoms with Crippen LogP contribution in [0.1, 0.15) is 40.4 Å². The van der Waals surface area contributed by atoms with Gasteiger partial charge < -0.3 is 10.6 Å². The summed E-state index contributed by atoms with van der Waals surface area (Å²) in [5, 5.41) is 0. The maximum Gasteiger partial charge on any atom is 0.248 e. The van der Waals surface area contributed by atoms with Crippen molar-refractivity contribution in [3.8, 4) is 11.3 Å². The van der Waals surface area contributed by atoms with Crippen molar-refractivity contribution in [2.24, 2.45) is 5.73 Å². The van der Waals surface area contributed by atoms with Gasteiger partial charge in [0.15, 0.2) is 0 Å². The summed E-state index contributed by atoms with van der Waals surface area (Å²) < 4.78 is 0. The Hall–Kier alpha value is -3.54. The molecule has 3 heterocycles. The van der Waals surface area contributed by atoms with E-state index in [-0.39, 0.29) is 11.8 Å². The van der Waals surface area contributed by atoms with Gasteiger partial charge in [0, 0.05) is 48.2 Å². The second kappa shape index (κ2) is 8.86. The molecule has 1 saturated heterocycles. The molecule has 1 aromatic carbocycles. The fourth-order valence-corrected chi connectivity index (χ4v) is 3.90. The standard InChI is InChI=1S/C24H24N4O2/c25-24(30)19-5-1-4-18(15-19)21-7-2-8-22(27-21)20-6-3-13-28(16-20)23(29)14-17-9-11-26-12-10-17/h1-2,4-5,7-12,15,20H,3,6,13-14,16H2,(H2,25,30). The summed E-state index contributed by atoms with van der Waals surface area (Å²) in [5.74, 6) is -0.126. The zero-order chi connectivity index (χ0) is 20.9. The summed E-state index contributed by atoms with van der Waals surface area (Å²) in [6, 6.07) is 16.9. The normalized spacial score (nSPS) is 16.3. The molecule has 152 valence electrons. The number of piperidine rings is 1. The third-order valence-corrected chi connectivity index (χ3v) is 5.51. The quantitative estimate of drug-likeness (QED) is 0.712. The Balaban J connectivity index is 1.50. The summed E-state index contributed by atoms with van der Waals surface area (Å²) in [4.78, 5) is 35.1. The van der Waals surface area contributed by atoms with E-state index in [0.29, 0.717) is 18.5 Å². The van der Waals surface area contributed by atoms with Crippen LogP contribution in [-0.2, 0) is 11.2 Å². The predicted molar refractivity (Wildman–Crippen MR) is 115 cm³/mol. The van der Waals surface area contributed by atoms with Crippen LogP contribution in [0.15, 0.2) is 67.0 Å². The lowest BCUT2D eigenvalue weighted by molar-refractivity contribution is -0.131. The maximum absolute atomic E-state index is 12.8. The van der Waals surface area contributed by atoms with Crippen LogP contribution in [0.5, 0.6) is 0 Å². The fraction of sp³-hybridized carbons (Fsp3) is 0.250. The lowest BCUT2D eigenvalue weighted by Gasteiger charge is -2.32. The molecule has 0 bridgehead atoms. The number of carbonyl (C=O) groups is 2. The van der Waals surface area contributed by atoms with Gasteiger partial charge in [0.2, 0.25) is 11.8 Å². The number of hydrogen-bond acceptors (Lipinski definition) is 4. The number of likely N-dealkylation sites (tertiary alicyclic amines) is 1. The van der Waals surface area contributed by atoms with E-state index in [1.54, 1.807) is 24.5 Å². The molecule has 1 aliphatic rings. The zero-order valence-electron chi connectivity index (χ0n) is 16.7. The molecule has 30 heavy (non-hydrogen) atoms. The van der Waals surface area contributed by atoms with Gasteiger partial charge in [0.1, 0.15) is 0 Å². The predicted octanol–water partition coefficient (Wildman–Crippen LogP) is 3.19. The SMILES string of the molecule is NC(=O)c1cccc(-c2cccc(C3CCCN(C(=O)Cc4ccncc4)C3)n2)c1. The van der Waals surface area contributed by atoms with Gasteiger partial charge in [-0.2, -0.15) is 0 Å². The van der Waals surface area contributed by atoms with Gasteiger partial charge in [-0.1, -0.05) is 18.2 Å². The minimum atomic E-state index is -0.455. The maximum atomic E-state index is 12.8. The van der Waals surface area contributed by atoms with E-state index in [4.69, 9.17) is 10.7 Å². The van der Waals surface area contributed by atoms with Gasteiger partial charge >= 0.3 is 0 Å². The number of nitrogens with zero attached hydrogens (tertiary/aromatic N) is 3. The van der Waals surface area contributed by atoms with E-state index in [0.717, 1.165) is 41.9 Å². The molecule has 0 aliphatic carbocycles. The summed E-state index contributed by atoms with van der Waals surface area (Å²) in [6.45, 7) is 1.45. The number of nitrogens with two attached hydrogens (primary N) is 1. The molecule has 6 nitrogen and oxygen atoms in total. The van der Waals surface area contributed by atoms with Crippen LogP contribution in [0, 0.1) is 0 Å². The number of benzene rings is 1. The van der Waals surface area contributed by atoms with Crippen molar-refractivity contribution in [3.05, 3.63) is 83.8 Å². The number of amides is 2. The van der Waals surface area contributed by atoms with E-state index in [1.165, 1.54) is 0 Å². The number of aromatic nitrogens is 2. The molecule has 4 rings (SSSR count). The molecule has 1 unspecified atom stereocenters. The zero-order valence-corrected chi connectivity index (χ0v) is 16.7. The van der Waals surface area contributed by atoms with Crippen molar-refractivity contribution >= 4 is 11.8 Å². The summed E-state index contributed by atoms with van der Waals surface area (Å²) in [6.07, 6.45) is 5.77. The van der Waals surface area contributed by atoms with E-state index in [9.17, 15) is 9.59 Å². The molecule has 0 spiro atoms. The van der Waals surface area contributed by atoms with Crippen LogP contribution in [0.4, 0.5) is 0 Å². The minimum Gasteiger partial charge on any atom is -0.366 e. The van der Waals surface area contributed by atoms with Gasteiger partial charge in [-0.05, 0) is 54.8 Å². The number of rotatable bonds is 5. The van der Waals surface area contributed by atoms with Gasteiger partial charge in [-0.15, -0.1) is 0 Å². The lowest BCUT2D eigenvalue weighted by atomic mass is 9.93. The van der Waals surface area contributed by atoms with Crippen LogP contribution in [-0.4, -0.2) is 39.8 Å². The first-order valence-electron chi connectivity index (χ1n) is 10.1. The Morgan fingerprint density at radius 1 is 1.07 bits per heavy atom. The first kappa shape index (κ1) is 19.8. The molecule has 1 atom stereocenters. The van der Waals surface area contributed by atoms with Gasteiger partial charge in [-0.3, -0.25) is 19.6 Å². The van der Waals surface area contributed by atoms with Gasteiger partial charge in [-0.25, -0.2) is 0 Å². The average molecular weight is 400 g/mol. The van der Waals surface area contributed by atoms with Crippen LogP contribution in [0.25, 0.3) is 11.3 Å². The largest absolute Gasteiger partial charge is 0.366 e. The van der Waals surface area contributed by atoms with Crippen LogP contribution in [0.2, 0.25) is 0 Å². The molecule has 2 N–H and O–H groups in total. The Kier molecular flexibility index (Phi) is 5.84. The average Bonchev–Trinajstić information content (AvgIpc) is 2.80. The second-order valence-corrected chi connectivity index (χ2v) is 7.60. The Morgan fingerprint density at radius 2 is 1.87 bits per heavy atom. The molecule has 6 heteroatoms. The van der Waals surface area contributed by atoms with E-state index in [2.05, 4.69) is 4.98 Å². The minimum absolute atomic E-state index is 0.135. The summed E-state index contributed by atoms with van der Waals surface area (Å²) >= 11 is 0. The number of pyridine rings is 2.